The van der Waals surface area contributed by atoms with Gasteiger partial charge in [0.2, 0.25) is 5.03 Å². The zero-order valence-corrected chi connectivity index (χ0v) is 12.2. The molecule has 0 saturated heterocycles. The Morgan fingerprint density at radius 1 is 1.29 bits per heavy atom. The predicted molar refractivity (Wildman–Crippen MR) is 73.3 cm³/mol. The smallest absolute Gasteiger partial charge is 0.281 e. The van der Waals surface area contributed by atoms with Gasteiger partial charge in [0, 0.05) is 23.9 Å². The molecule has 0 aliphatic carbocycles. The van der Waals surface area contributed by atoms with E-state index in [1.807, 2.05) is 0 Å². The molecule has 1 heterocycles. The fourth-order valence-corrected chi connectivity index (χ4v) is 3.05. The summed E-state index contributed by atoms with van der Waals surface area (Å²) in [7, 11) is -2.32. The molecule has 2 rings (SSSR count). The van der Waals surface area contributed by atoms with Crippen molar-refractivity contribution in [2.24, 2.45) is 0 Å². The molecule has 0 unspecified atom stereocenters. The van der Waals surface area contributed by atoms with Crippen LogP contribution in [0.5, 0.6) is 0 Å². The molecule has 0 saturated carbocycles. The maximum atomic E-state index is 13.1. The molecule has 1 aromatic heterocycles. The second-order valence-electron chi connectivity index (χ2n) is 4.40. The zero-order chi connectivity index (χ0) is 15.6. The number of nitrogens with one attached hydrogen (secondary N) is 3. The quantitative estimate of drug-likeness (QED) is 0.780. The Morgan fingerprint density at radius 3 is 2.62 bits per heavy atom. The molecule has 2 aromatic rings. The van der Waals surface area contributed by atoms with Crippen molar-refractivity contribution in [3.05, 3.63) is 41.1 Å². The Bertz CT molecular complexity index is 759. The van der Waals surface area contributed by atoms with Crippen LogP contribution >= 0.6 is 0 Å². The number of H-pyrrole nitrogens is 1. The van der Waals surface area contributed by atoms with Crippen molar-refractivity contribution < 1.29 is 17.2 Å². The van der Waals surface area contributed by atoms with Crippen LogP contribution in [0, 0.1) is 18.6 Å². The van der Waals surface area contributed by atoms with Crippen molar-refractivity contribution in [2.75, 3.05) is 11.8 Å². The Morgan fingerprint density at radius 2 is 2.00 bits per heavy atom. The largest absolute Gasteiger partial charge is 0.316 e. The van der Waals surface area contributed by atoms with Gasteiger partial charge in [0.25, 0.3) is 10.0 Å². The molecule has 0 atom stereocenters. The molecular weight excluding hydrogens is 302 g/mol. The van der Waals surface area contributed by atoms with Gasteiger partial charge in [-0.3, -0.25) is 9.82 Å². The van der Waals surface area contributed by atoms with Crippen LogP contribution in [0.15, 0.2) is 23.2 Å². The van der Waals surface area contributed by atoms with Crippen LogP contribution in [0.4, 0.5) is 14.5 Å². The number of sulfonamides is 1. The van der Waals surface area contributed by atoms with Gasteiger partial charge in [0.1, 0.15) is 0 Å². The van der Waals surface area contributed by atoms with Crippen molar-refractivity contribution in [3.63, 3.8) is 0 Å². The van der Waals surface area contributed by atoms with Crippen LogP contribution < -0.4 is 10.0 Å². The van der Waals surface area contributed by atoms with E-state index >= 15 is 0 Å². The maximum absolute atomic E-state index is 13.1. The number of benzene rings is 1. The highest BCUT2D eigenvalue weighted by molar-refractivity contribution is 7.92. The number of aromatic nitrogens is 2. The minimum Gasteiger partial charge on any atom is -0.316 e. The molecule has 0 aliphatic rings. The minimum atomic E-state index is -4.00. The van der Waals surface area contributed by atoms with Gasteiger partial charge in [0.05, 0.1) is 5.69 Å². The number of hydrogen-bond donors (Lipinski definition) is 3. The van der Waals surface area contributed by atoms with E-state index in [4.69, 9.17) is 0 Å². The fraction of sp³-hybridized carbons (Fsp3) is 0.250. The summed E-state index contributed by atoms with van der Waals surface area (Å²) in [6.45, 7) is 1.99. The third-order valence-electron chi connectivity index (χ3n) is 2.82. The van der Waals surface area contributed by atoms with Gasteiger partial charge in [-0.15, -0.1) is 0 Å². The third kappa shape index (κ3) is 3.19. The zero-order valence-electron chi connectivity index (χ0n) is 11.4. The highest BCUT2D eigenvalue weighted by atomic mass is 32.2. The van der Waals surface area contributed by atoms with Crippen LogP contribution in [0.25, 0.3) is 0 Å². The molecule has 3 N–H and O–H groups in total. The Hall–Kier alpha value is -2.00. The third-order valence-corrected chi connectivity index (χ3v) is 4.17. The summed E-state index contributed by atoms with van der Waals surface area (Å²) in [6, 6.07) is 2.74. The molecule has 0 amide bonds. The summed E-state index contributed by atoms with van der Waals surface area (Å²) in [4.78, 5) is 0. The summed E-state index contributed by atoms with van der Waals surface area (Å²) < 4.78 is 52.7. The monoisotopic (exact) mass is 316 g/mol. The molecule has 0 bridgehead atoms. The average Bonchev–Trinajstić information content (AvgIpc) is 2.77. The van der Waals surface area contributed by atoms with Crippen LogP contribution in [-0.4, -0.2) is 25.7 Å². The first-order chi connectivity index (χ1) is 9.85. The highest BCUT2D eigenvalue weighted by Crippen LogP contribution is 2.21. The number of halogens is 2. The molecule has 21 heavy (non-hydrogen) atoms. The Labute approximate surface area is 120 Å². The number of aryl methyl sites for hydroxylation is 1. The van der Waals surface area contributed by atoms with Gasteiger partial charge in [-0.05, 0) is 26.1 Å². The highest BCUT2D eigenvalue weighted by Gasteiger charge is 2.23. The molecule has 0 aliphatic heterocycles. The maximum Gasteiger partial charge on any atom is 0.281 e. The topological polar surface area (TPSA) is 86.9 Å². The second kappa shape index (κ2) is 5.78. The van der Waals surface area contributed by atoms with Gasteiger partial charge >= 0.3 is 0 Å². The van der Waals surface area contributed by atoms with Crippen molar-refractivity contribution in [1.29, 1.82) is 0 Å². The first kappa shape index (κ1) is 15.4. The summed E-state index contributed by atoms with van der Waals surface area (Å²) in [6.07, 6.45) is 0. The number of hydrogen-bond acceptors (Lipinski definition) is 4. The van der Waals surface area contributed by atoms with Gasteiger partial charge in [-0.1, -0.05) is 0 Å². The molecule has 1 aromatic carbocycles. The summed E-state index contributed by atoms with van der Waals surface area (Å²) in [5.41, 5.74) is 1.01. The van der Waals surface area contributed by atoms with E-state index in [-0.39, 0.29) is 10.7 Å². The molecule has 0 spiro atoms. The lowest BCUT2D eigenvalue weighted by Crippen LogP contribution is -2.17. The van der Waals surface area contributed by atoms with E-state index in [1.165, 1.54) is 0 Å². The van der Waals surface area contributed by atoms with E-state index in [0.717, 1.165) is 18.2 Å². The summed E-state index contributed by atoms with van der Waals surface area (Å²) in [5.74, 6) is -2.19. The van der Waals surface area contributed by atoms with Crippen molar-refractivity contribution >= 4 is 15.7 Å². The minimum absolute atomic E-state index is 0.0787. The van der Waals surface area contributed by atoms with Crippen LogP contribution in [0.1, 0.15) is 11.3 Å². The molecule has 0 fully saturated rings. The van der Waals surface area contributed by atoms with Crippen LogP contribution in [-0.2, 0) is 16.6 Å². The molecule has 114 valence electrons. The molecular formula is C12H14F2N4O2S. The normalized spacial score (nSPS) is 11.6. The van der Waals surface area contributed by atoms with E-state index in [0.29, 0.717) is 17.8 Å². The van der Waals surface area contributed by atoms with E-state index < -0.39 is 21.7 Å². The number of rotatable bonds is 5. The summed E-state index contributed by atoms with van der Waals surface area (Å²) >= 11 is 0. The number of anilines is 1. The van der Waals surface area contributed by atoms with Crippen molar-refractivity contribution in [3.8, 4) is 0 Å². The van der Waals surface area contributed by atoms with E-state index in [9.17, 15) is 17.2 Å². The molecule has 0 radical (unpaired) electrons. The van der Waals surface area contributed by atoms with E-state index in [1.54, 1.807) is 14.0 Å². The van der Waals surface area contributed by atoms with Gasteiger partial charge in [-0.2, -0.15) is 13.5 Å². The lowest BCUT2D eigenvalue weighted by Gasteiger charge is -2.08. The van der Waals surface area contributed by atoms with E-state index in [2.05, 4.69) is 20.2 Å². The molecule has 6 nitrogen and oxygen atoms in total. The predicted octanol–water partition coefficient (Wildman–Crippen LogP) is 1.52. The van der Waals surface area contributed by atoms with Gasteiger partial charge in [-0.25, -0.2) is 8.78 Å². The number of aromatic amines is 1. The number of nitrogens with zero attached hydrogens (tertiary/aromatic N) is 1. The van der Waals surface area contributed by atoms with Gasteiger partial charge in [0.15, 0.2) is 11.6 Å². The van der Waals surface area contributed by atoms with Crippen LogP contribution in [0.2, 0.25) is 0 Å². The molecule has 9 heteroatoms. The van der Waals surface area contributed by atoms with Crippen molar-refractivity contribution in [1.82, 2.24) is 15.5 Å². The lowest BCUT2D eigenvalue weighted by molar-refractivity contribution is 0.509. The standard InChI is InChI=1S/C12H14F2N4O2S/c1-7-9(6-15-2)12(17-16-7)21(19,20)18-8-3-4-10(13)11(14)5-8/h3-5,15,18H,6H2,1-2H3,(H,16,17). The van der Waals surface area contributed by atoms with Crippen LogP contribution in [0.3, 0.4) is 0 Å². The first-order valence-corrected chi connectivity index (χ1v) is 7.50. The Kier molecular flexibility index (Phi) is 4.24. The van der Waals surface area contributed by atoms with Gasteiger partial charge < -0.3 is 5.32 Å². The summed E-state index contributed by atoms with van der Waals surface area (Å²) in [5, 5.41) is 9.01. The lowest BCUT2D eigenvalue weighted by atomic mass is 10.3. The van der Waals surface area contributed by atoms with Crippen molar-refractivity contribution in [2.45, 2.75) is 18.5 Å². The fourth-order valence-electron chi connectivity index (χ4n) is 1.80. The SMILES string of the molecule is CNCc1c(S(=O)(=O)Nc2ccc(F)c(F)c2)n[nH]c1C. The first-order valence-electron chi connectivity index (χ1n) is 6.01. The Balaban J connectivity index is 2.36. The average molecular weight is 316 g/mol. The second-order valence-corrected chi connectivity index (χ2v) is 5.99.